The van der Waals surface area contributed by atoms with Crippen LogP contribution in [0.3, 0.4) is 0 Å². The molecule has 0 aliphatic heterocycles. The van der Waals surface area contributed by atoms with Gasteiger partial charge in [0.15, 0.2) is 0 Å². The van der Waals surface area contributed by atoms with Crippen molar-refractivity contribution in [1.82, 2.24) is 0 Å². The number of rotatable bonds is 4. The molecule has 0 aromatic carbocycles. The Kier molecular flexibility index (Phi) is 4.09. The van der Waals surface area contributed by atoms with E-state index in [0.29, 0.717) is 0 Å². The number of nitrogens with zero attached hydrogens (tertiary/aromatic N) is 1. The van der Waals surface area contributed by atoms with Crippen LogP contribution in [0.2, 0.25) is 0 Å². The summed E-state index contributed by atoms with van der Waals surface area (Å²) < 4.78 is 10.5. The zero-order chi connectivity index (χ0) is 9.78. The standard InChI is InChI=1S/C7H13NO3S/c1-4-5-12(11)7(2,3)6-8(9)10/h4-5H,6H2,1-3H3/b5-4+. The van der Waals surface area contributed by atoms with Gasteiger partial charge in [0.25, 0.3) is 0 Å². The van der Waals surface area contributed by atoms with Gasteiger partial charge in [-0.2, -0.15) is 0 Å². The summed E-state index contributed by atoms with van der Waals surface area (Å²) in [6.45, 7) is 4.70. The van der Waals surface area contributed by atoms with Crippen LogP contribution in [-0.4, -0.2) is 20.4 Å². The van der Waals surface area contributed by atoms with Crippen molar-refractivity contribution < 1.29 is 9.13 Å². The van der Waals surface area contributed by atoms with E-state index in [1.165, 1.54) is 5.41 Å². The van der Waals surface area contributed by atoms with Crippen LogP contribution in [0.25, 0.3) is 0 Å². The van der Waals surface area contributed by atoms with Crippen molar-refractivity contribution >= 4 is 10.8 Å². The lowest BCUT2D eigenvalue weighted by molar-refractivity contribution is -0.483. The maximum absolute atomic E-state index is 11.3. The number of allylic oxidation sites excluding steroid dienone is 1. The molecule has 5 heteroatoms. The van der Waals surface area contributed by atoms with Crippen LogP contribution >= 0.6 is 0 Å². The highest BCUT2D eigenvalue weighted by molar-refractivity contribution is 7.89. The fourth-order valence-electron chi connectivity index (χ4n) is 0.682. The van der Waals surface area contributed by atoms with Gasteiger partial charge in [0.2, 0.25) is 6.54 Å². The molecule has 0 aromatic heterocycles. The highest BCUT2D eigenvalue weighted by Gasteiger charge is 2.30. The summed E-state index contributed by atoms with van der Waals surface area (Å²) in [5, 5.41) is 11.6. The highest BCUT2D eigenvalue weighted by atomic mass is 32.2. The molecule has 0 fully saturated rings. The third-order valence-electron chi connectivity index (χ3n) is 1.31. The van der Waals surface area contributed by atoms with Gasteiger partial charge >= 0.3 is 0 Å². The molecule has 0 saturated heterocycles. The maximum atomic E-state index is 11.3. The minimum atomic E-state index is -1.27. The van der Waals surface area contributed by atoms with Gasteiger partial charge in [0.05, 0.1) is 10.8 Å². The summed E-state index contributed by atoms with van der Waals surface area (Å²) in [4.78, 5) is 9.73. The minimum Gasteiger partial charge on any atom is -0.264 e. The molecule has 0 heterocycles. The smallest absolute Gasteiger partial charge is 0.220 e. The topological polar surface area (TPSA) is 60.2 Å². The van der Waals surface area contributed by atoms with Crippen molar-refractivity contribution in [2.24, 2.45) is 0 Å². The van der Waals surface area contributed by atoms with Crippen molar-refractivity contribution in [3.8, 4) is 0 Å². The second-order valence-electron chi connectivity index (χ2n) is 3.02. The summed E-state index contributed by atoms with van der Waals surface area (Å²) in [6.07, 6.45) is 1.64. The minimum absolute atomic E-state index is 0.274. The first kappa shape index (κ1) is 11.3. The molecule has 0 spiro atoms. The molecule has 12 heavy (non-hydrogen) atoms. The summed E-state index contributed by atoms with van der Waals surface area (Å²) in [5.74, 6) is 0. The molecule has 0 aromatic rings. The van der Waals surface area contributed by atoms with Crippen LogP contribution in [0, 0.1) is 10.1 Å². The van der Waals surface area contributed by atoms with E-state index in [0.717, 1.165) is 0 Å². The van der Waals surface area contributed by atoms with Crippen LogP contribution in [0.15, 0.2) is 11.5 Å². The van der Waals surface area contributed by atoms with E-state index < -0.39 is 20.5 Å². The van der Waals surface area contributed by atoms with E-state index in [1.54, 1.807) is 26.8 Å². The SMILES string of the molecule is C/C=C/S(=O)C(C)(C)C[N+](=O)[O-]. The summed E-state index contributed by atoms with van der Waals surface area (Å²) >= 11 is 0. The van der Waals surface area contributed by atoms with E-state index >= 15 is 0 Å². The van der Waals surface area contributed by atoms with Crippen LogP contribution in [-0.2, 0) is 10.8 Å². The third kappa shape index (κ3) is 3.61. The highest BCUT2D eigenvalue weighted by Crippen LogP contribution is 2.13. The molecule has 0 radical (unpaired) electrons. The van der Waals surface area contributed by atoms with Gasteiger partial charge < -0.3 is 0 Å². The molecule has 0 N–H and O–H groups in total. The molecular weight excluding hydrogens is 178 g/mol. The van der Waals surface area contributed by atoms with Crippen LogP contribution in [0.4, 0.5) is 0 Å². The van der Waals surface area contributed by atoms with Crippen LogP contribution in [0.1, 0.15) is 20.8 Å². The Balaban J connectivity index is 4.38. The van der Waals surface area contributed by atoms with Gasteiger partial charge in [-0.25, -0.2) is 0 Å². The van der Waals surface area contributed by atoms with Crippen LogP contribution in [0.5, 0.6) is 0 Å². The lowest BCUT2D eigenvalue weighted by atomic mass is 10.2. The predicted octanol–water partition coefficient (Wildman–Crippen LogP) is 1.32. The first-order valence-corrected chi connectivity index (χ1v) is 4.77. The van der Waals surface area contributed by atoms with Crippen molar-refractivity contribution in [1.29, 1.82) is 0 Å². The molecule has 0 amide bonds. The molecule has 1 unspecified atom stereocenters. The fraction of sp³-hybridized carbons (Fsp3) is 0.714. The van der Waals surface area contributed by atoms with Gasteiger partial charge in [-0.05, 0) is 26.2 Å². The Labute approximate surface area is 74.3 Å². The van der Waals surface area contributed by atoms with Gasteiger partial charge in [-0.15, -0.1) is 0 Å². The Morgan fingerprint density at radius 3 is 2.42 bits per heavy atom. The van der Waals surface area contributed by atoms with E-state index in [9.17, 15) is 14.3 Å². The van der Waals surface area contributed by atoms with Gasteiger partial charge in [0, 0.05) is 4.92 Å². The Morgan fingerprint density at radius 1 is 1.58 bits per heavy atom. The first-order chi connectivity index (χ1) is 5.40. The molecule has 0 bridgehead atoms. The van der Waals surface area contributed by atoms with Gasteiger partial charge in [-0.3, -0.25) is 14.3 Å². The molecule has 4 nitrogen and oxygen atoms in total. The molecule has 0 aliphatic carbocycles. The molecule has 0 rings (SSSR count). The van der Waals surface area contributed by atoms with Crippen molar-refractivity contribution in [2.45, 2.75) is 25.5 Å². The maximum Gasteiger partial charge on any atom is 0.220 e. The Bertz CT molecular complexity index is 223. The summed E-state index contributed by atoms with van der Waals surface area (Å²) in [6, 6.07) is 0. The number of nitro groups is 1. The summed E-state index contributed by atoms with van der Waals surface area (Å²) in [5.41, 5.74) is 0. The fourth-order valence-corrected chi connectivity index (χ4v) is 1.53. The molecule has 0 aliphatic rings. The van der Waals surface area contributed by atoms with Crippen molar-refractivity contribution in [3.63, 3.8) is 0 Å². The third-order valence-corrected chi connectivity index (χ3v) is 3.05. The van der Waals surface area contributed by atoms with E-state index in [2.05, 4.69) is 0 Å². The molecule has 0 saturated carbocycles. The number of hydrogen-bond donors (Lipinski definition) is 0. The Hall–Kier alpha value is -0.710. The second-order valence-corrected chi connectivity index (χ2v) is 4.99. The molecular formula is C7H13NO3S. The van der Waals surface area contributed by atoms with E-state index in [1.807, 2.05) is 0 Å². The average Bonchev–Trinajstić information content (AvgIpc) is 1.85. The van der Waals surface area contributed by atoms with Gasteiger partial charge in [-0.1, -0.05) is 6.08 Å². The predicted molar refractivity (Wildman–Crippen MR) is 48.9 cm³/mol. The van der Waals surface area contributed by atoms with Gasteiger partial charge in [0.1, 0.15) is 4.75 Å². The molecule has 1 atom stereocenters. The summed E-state index contributed by atoms with van der Waals surface area (Å²) in [7, 11) is -1.27. The molecule has 70 valence electrons. The second kappa shape index (κ2) is 4.35. The lowest BCUT2D eigenvalue weighted by Gasteiger charge is -2.15. The number of hydrogen-bond acceptors (Lipinski definition) is 3. The zero-order valence-corrected chi connectivity index (χ0v) is 8.26. The Morgan fingerprint density at radius 2 is 2.08 bits per heavy atom. The van der Waals surface area contributed by atoms with E-state index in [4.69, 9.17) is 0 Å². The average molecular weight is 191 g/mol. The van der Waals surface area contributed by atoms with Crippen molar-refractivity contribution in [3.05, 3.63) is 21.6 Å². The van der Waals surface area contributed by atoms with Crippen molar-refractivity contribution in [2.75, 3.05) is 6.54 Å². The normalized spacial score (nSPS) is 14.9. The first-order valence-electron chi connectivity index (χ1n) is 3.55. The van der Waals surface area contributed by atoms with E-state index in [-0.39, 0.29) is 6.54 Å². The quantitative estimate of drug-likeness (QED) is 0.497. The van der Waals surface area contributed by atoms with Crippen LogP contribution < -0.4 is 0 Å². The lowest BCUT2D eigenvalue weighted by Crippen LogP contribution is -2.33. The largest absolute Gasteiger partial charge is 0.264 e. The monoisotopic (exact) mass is 191 g/mol. The zero-order valence-electron chi connectivity index (χ0n) is 7.44.